The van der Waals surface area contributed by atoms with Crippen LogP contribution in [0.5, 0.6) is 0 Å². The predicted molar refractivity (Wildman–Crippen MR) is 131 cm³/mol. The van der Waals surface area contributed by atoms with Gasteiger partial charge < -0.3 is 5.32 Å². The molecule has 0 atom stereocenters. The fourth-order valence-electron chi connectivity index (χ4n) is 4.14. The molecular weight excluding hydrogens is 412 g/mol. The van der Waals surface area contributed by atoms with E-state index in [0.29, 0.717) is 28.7 Å². The Morgan fingerprint density at radius 1 is 0.970 bits per heavy atom. The van der Waals surface area contributed by atoms with Gasteiger partial charge in [-0.2, -0.15) is 0 Å². The van der Waals surface area contributed by atoms with Crippen molar-refractivity contribution in [2.45, 2.75) is 32.2 Å². The van der Waals surface area contributed by atoms with E-state index in [1.54, 1.807) is 29.0 Å². The molecule has 2 aromatic heterocycles. The Bertz CT molecular complexity index is 1410. The summed E-state index contributed by atoms with van der Waals surface area (Å²) in [6.07, 6.45) is 9.55. The van der Waals surface area contributed by atoms with Crippen molar-refractivity contribution in [3.05, 3.63) is 99.9 Å². The number of aryl methyl sites for hydroxylation is 1. The molecule has 0 saturated heterocycles. The third kappa shape index (κ3) is 4.60. The van der Waals surface area contributed by atoms with Gasteiger partial charge in [0.1, 0.15) is 5.82 Å². The zero-order valence-corrected chi connectivity index (χ0v) is 18.2. The summed E-state index contributed by atoms with van der Waals surface area (Å²) in [5, 5.41) is 3.50. The highest BCUT2D eigenvalue weighted by atomic mass is 16.1. The quantitative estimate of drug-likeness (QED) is 0.492. The molecule has 0 bridgehead atoms. The van der Waals surface area contributed by atoms with Gasteiger partial charge in [-0.3, -0.25) is 19.1 Å². The van der Waals surface area contributed by atoms with Crippen molar-refractivity contribution in [2.24, 2.45) is 0 Å². The number of anilines is 1. The van der Waals surface area contributed by atoms with Gasteiger partial charge in [0.25, 0.3) is 11.5 Å². The Balaban J connectivity index is 1.38. The minimum Gasteiger partial charge on any atom is -0.322 e. The van der Waals surface area contributed by atoms with Crippen LogP contribution in [0.1, 0.15) is 46.7 Å². The Labute approximate surface area is 191 Å². The lowest BCUT2D eigenvalue weighted by molar-refractivity contribution is 0.102. The number of nitrogens with zero attached hydrogens (tertiary/aromatic N) is 3. The number of carbonyl (C=O) groups excluding carboxylic acids is 1. The molecule has 33 heavy (non-hydrogen) atoms. The molecule has 164 valence electrons. The SMILES string of the molecule is O=C(Nc1cccc(/C=C/c2ccccn2)c1)c1ccc2c(=O)n3c(nc2c1)CCCCC3. The van der Waals surface area contributed by atoms with Crippen LogP contribution < -0.4 is 10.9 Å². The molecule has 1 aliphatic heterocycles. The second-order valence-electron chi connectivity index (χ2n) is 8.19. The van der Waals surface area contributed by atoms with Crippen LogP contribution in [-0.4, -0.2) is 20.4 Å². The molecule has 6 heteroatoms. The van der Waals surface area contributed by atoms with E-state index in [9.17, 15) is 9.59 Å². The van der Waals surface area contributed by atoms with Crippen molar-refractivity contribution in [3.63, 3.8) is 0 Å². The maximum atomic E-state index is 12.9. The average Bonchev–Trinajstić information content (AvgIpc) is 3.09. The summed E-state index contributed by atoms with van der Waals surface area (Å²) in [6.45, 7) is 0.713. The molecule has 4 aromatic rings. The van der Waals surface area contributed by atoms with Gasteiger partial charge in [-0.05, 0) is 66.9 Å². The van der Waals surface area contributed by atoms with E-state index in [2.05, 4.69) is 10.3 Å². The molecule has 0 fully saturated rings. The summed E-state index contributed by atoms with van der Waals surface area (Å²) < 4.78 is 1.79. The van der Waals surface area contributed by atoms with E-state index in [-0.39, 0.29) is 11.5 Å². The zero-order valence-electron chi connectivity index (χ0n) is 18.2. The first-order chi connectivity index (χ1) is 16.2. The van der Waals surface area contributed by atoms with Crippen molar-refractivity contribution < 1.29 is 4.79 Å². The summed E-state index contributed by atoms with van der Waals surface area (Å²) >= 11 is 0. The number of rotatable bonds is 4. The van der Waals surface area contributed by atoms with Crippen molar-refractivity contribution in [1.29, 1.82) is 0 Å². The van der Waals surface area contributed by atoms with Crippen molar-refractivity contribution in [2.75, 3.05) is 5.32 Å². The van der Waals surface area contributed by atoms with Gasteiger partial charge in [0, 0.05) is 30.4 Å². The van der Waals surface area contributed by atoms with Crippen molar-refractivity contribution in [1.82, 2.24) is 14.5 Å². The number of aromatic nitrogens is 3. The lowest BCUT2D eigenvalue weighted by atomic mass is 10.1. The minimum atomic E-state index is -0.236. The summed E-state index contributed by atoms with van der Waals surface area (Å²) in [4.78, 5) is 34.8. The third-order valence-corrected chi connectivity index (χ3v) is 5.86. The van der Waals surface area contributed by atoms with Gasteiger partial charge in [-0.25, -0.2) is 4.98 Å². The van der Waals surface area contributed by atoms with E-state index < -0.39 is 0 Å². The Morgan fingerprint density at radius 3 is 2.79 bits per heavy atom. The maximum absolute atomic E-state index is 12.9. The van der Waals surface area contributed by atoms with Gasteiger partial charge in [0.05, 0.1) is 16.6 Å². The number of hydrogen-bond acceptors (Lipinski definition) is 4. The number of carbonyl (C=O) groups is 1. The fourth-order valence-corrected chi connectivity index (χ4v) is 4.14. The van der Waals surface area contributed by atoms with E-state index in [1.165, 1.54) is 0 Å². The molecule has 1 N–H and O–H groups in total. The topological polar surface area (TPSA) is 76.9 Å². The summed E-state index contributed by atoms with van der Waals surface area (Å²) in [5.41, 5.74) is 3.54. The van der Waals surface area contributed by atoms with Crippen molar-refractivity contribution >= 4 is 34.6 Å². The molecule has 0 aliphatic carbocycles. The molecule has 2 aromatic carbocycles. The first kappa shape index (κ1) is 20.8. The molecule has 5 rings (SSSR count). The van der Waals surface area contributed by atoms with Crippen LogP contribution in [-0.2, 0) is 13.0 Å². The van der Waals surface area contributed by atoms with Crippen LogP contribution >= 0.6 is 0 Å². The average molecular weight is 437 g/mol. The number of pyridine rings is 1. The van der Waals surface area contributed by atoms with Crippen LogP contribution in [0.15, 0.2) is 71.7 Å². The predicted octanol–water partition coefficient (Wildman–Crippen LogP) is 4.94. The second-order valence-corrected chi connectivity index (χ2v) is 8.19. The highest BCUT2D eigenvalue weighted by molar-refractivity contribution is 6.06. The lowest BCUT2D eigenvalue weighted by Gasteiger charge is -2.11. The first-order valence-corrected chi connectivity index (χ1v) is 11.2. The highest BCUT2D eigenvalue weighted by Crippen LogP contribution is 2.18. The summed E-state index contributed by atoms with van der Waals surface area (Å²) in [5.74, 6) is 0.578. The van der Waals surface area contributed by atoms with Crippen LogP contribution in [0.3, 0.4) is 0 Å². The molecule has 1 amide bonds. The van der Waals surface area contributed by atoms with Gasteiger partial charge in [-0.15, -0.1) is 0 Å². The molecule has 0 unspecified atom stereocenters. The second kappa shape index (κ2) is 9.20. The molecular formula is C27H24N4O2. The molecule has 3 heterocycles. The Morgan fingerprint density at radius 2 is 1.91 bits per heavy atom. The standard InChI is InChI=1S/C27H24N4O2/c32-26(29-22-9-6-7-19(17-22)11-13-21-8-3-4-15-28-21)20-12-14-23-24(18-20)30-25-10-2-1-5-16-31(25)27(23)33/h3-4,6-9,11-15,17-18H,1-2,5,10,16H2,(H,29,32)/b13-11+. The van der Waals surface area contributed by atoms with Crippen molar-refractivity contribution in [3.8, 4) is 0 Å². The van der Waals surface area contributed by atoms with E-state index in [4.69, 9.17) is 4.98 Å². The number of amides is 1. The number of fused-ring (bicyclic) bond motifs is 2. The van der Waals surface area contributed by atoms with Gasteiger partial charge in [-0.1, -0.05) is 30.7 Å². The Hall–Kier alpha value is -4.06. The number of nitrogens with one attached hydrogen (secondary N) is 1. The maximum Gasteiger partial charge on any atom is 0.261 e. The van der Waals surface area contributed by atoms with Gasteiger partial charge >= 0.3 is 0 Å². The monoisotopic (exact) mass is 436 g/mol. The molecule has 6 nitrogen and oxygen atoms in total. The molecule has 0 spiro atoms. The molecule has 0 radical (unpaired) electrons. The fraction of sp³-hybridized carbons (Fsp3) is 0.185. The van der Waals surface area contributed by atoms with E-state index >= 15 is 0 Å². The lowest BCUT2D eigenvalue weighted by Crippen LogP contribution is -2.24. The van der Waals surface area contributed by atoms with E-state index in [1.807, 2.05) is 54.6 Å². The van der Waals surface area contributed by atoms with Gasteiger partial charge in [0.2, 0.25) is 0 Å². The minimum absolute atomic E-state index is 0.0174. The van der Waals surface area contributed by atoms with Crippen LogP contribution in [0.2, 0.25) is 0 Å². The zero-order chi connectivity index (χ0) is 22.6. The smallest absolute Gasteiger partial charge is 0.261 e. The summed E-state index contributed by atoms with van der Waals surface area (Å²) in [6, 6.07) is 18.5. The largest absolute Gasteiger partial charge is 0.322 e. The first-order valence-electron chi connectivity index (χ1n) is 11.2. The summed E-state index contributed by atoms with van der Waals surface area (Å²) in [7, 11) is 0. The number of benzene rings is 2. The van der Waals surface area contributed by atoms with E-state index in [0.717, 1.165) is 42.8 Å². The van der Waals surface area contributed by atoms with Crippen LogP contribution in [0, 0.1) is 0 Å². The highest BCUT2D eigenvalue weighted by Gasteiger charge is 2.15. The van der Waals surface area contributed by atoms with Gasteiger partial charge in [0.15, 0.2) is 0 Å². The van der Waals surface area contributed by atoms with Crippen LogP contribution in [0.25, 0.3) is 23.1 Å². The molecule has 1 aliphatic rings. The third-order valence-electron chi connectivity index (χ3n) is 5.86. The normalized spacial score (nSPS) is 13.6. The Kier molecular flexibility index (Phi) is 5.81. The number of hydrogen-bond donors (Lipinski definition) is 1. The molecule has 0 saturated carbocycles. The van der Waals surface area contributed by atoms with Crippen LogP contribution in [0.4, 0.5) is 5.69 Å².